The molecule has 1 unspecified atom stereocenters. The summed E-state index contributed by atoms with van der Waals surface area (Å²) in [5, 5.41) is 1.83. The number of hydrogen-bond donors (Lipinski definition) is 1. The summed E-state index contributed by atoms with van der Waals surface area (Å²) >= 11 is -1.95. The van der Waals surface area contributed by atoms with Crippen molar-refractivity contribution >= 4 is 62.6 Å². The van der Waals surface area contributed by atoms with Gasteiger partial charge in [-0.1, -0.05) is 18.2 Å². The normalized spacial score (nSPS) is 12.5. The largest absolute Gasteiger partial charge is 0.456 e. The molecule has 0 bridgehead atoms. The van der Waals surface area contributed by atoms with E-state index in [2.05, 4.69) is 0 Å². The minimum atomic E-state index is -1.95. The molecule has 1 heterocycles. The van der Waals surface area contributed by atoms with Crippen molar-refractivity contribution in [2.24, 2.45) is 0 Å². The molecule has 1 aromatic heterocycles. The molecule has 0 saturated heterocycles. The summed E-state index contributed by atoms with van der Waals surface area (Å²) in [6, 6.07) is 12.6. The summed E-state index contributed by atoms with van der Waals surface area (Å²) in [6.07, 6.45) is 0. The fraction of sp³-hybridized carbons (Fsp3) is 0. The molecule has 1 N–H and O–H groups in total. The van der Waals surface area contributed by atoms with Gasteiger partial charge in [0.25, 0.3) is 0 Å². The molecular formula is C12H8NaO3S. The van der Waals surface area contributed by atoms with E-state index in [1.165, 1.54) is 0 Å². The zero-order chi connectivity index (χ0) is 11.1. The van der Waals surface area contributed by atoms with E-state index in [1.807, 2.05) is 24.3 Å². The van der Waals surface area contributed by atoms with Crippen molar-refractivity contribution in [3.63, 3.8) is 0 Å². The molecule has 1 atom stereocenters. The van der Waals surface area contributed by atoms with Crippen LogP contribution in [0.25, 0.3) is 21.9 Å². The summed E-state index contributed by atoms with van der Waals surface area (Å²) in [6.45, 7) is 0. The molecule has 3 rings (SSSR count). The smallest absolute Gasteiger partial charge is 0.186 e. The third-order valence-corrected chi connectivity index (χ3v) is 3.21. The zero-order valence-electron chi connectivity index (χ0n) is 9.21. The molecule has 5 heteroatoms. The molecule has 3 aromatic rings. The molecule has 0 aliphatic heterocycles. The Hall–Kier alpha value is -0.650. The SMILES string of the molecule is O=S(O)c1ccc2oc3ccccc3c2c1.[Na]. The molecule has 17 heavy (non-hydrogen) atoms. The maximum Gasteiger partial charge on any atom is 0.186 e. The molecule has 0 spiro atoms. The second-order valence-electron chi connectivity index (χ2n) is 3.51. The summed E-state index contributed by atoms with van der Waals surface area (Å²) in [5.41, 5.74) is 1.52. The van der Waals surface area contributed by atoms with E-state index in [0.717, 1.165) is 21.9 Å². The minimum absolute atomic E-state index is 0. The second-order valence-corrected chi connectivity index (χ2v) is 4.48. The fourth-order valence-corrected chi connectivity index (χ4v) is 2.22. The Morgan fingerprint density at radius 1 is 1.00 bits per heavy atom. The van der Waals surface area contributed by atoms with Gasteiger partial charge in [0.05, 0.1) is 4.90 Å². The Morgan fingerprint density at radius 3 is 2.47 bits per heavy atom. The maximum absolute atomic E-state index is 11.0. The Bertz CT molecular complexity index is 705. The number of rotatable bonds is 1. The van der Waals surface area contributed by atoms with E-state index in [-0.39, 0.29) is 29.6 Å². The van der Waals surface area contributed by atoms with Gasteiger partial charge in [-0.05, 0) is 24.3 Å². The van der Waals surface area contributed by atoms with Gasteiger partial charge >= 0.3 is 0 Å². The van der Waals surface area contributed by atoms with Gasteiger partial charge in [-0.3, -0.25) is 0 Å². The number of furan rings is 1. The average Bonchev–Trinajstić information content (AvgIpc) is 2.66. The molecule has 0 fully saturated rings. The van der Waals surface area contributed by atoms with Gasteiger partial charge in [-0.15, -0.1) is 0 Å². The summed E-state index contributed by atoms with van der Waals surface area (Å²) < 4.78 is 25.6. The van der Waals surface area contributed by atoms with Crippen LogP contribution in [-0.2, 0) is 11.1 Å². The van der Waals surface area contributed by atoms with Crippen LogP contribution in [0.15, 0.2) is 51.8 Å². The van der Waals surface area contributed by atoms with Gasteiger partial charge in [0, 0.05) is 40.3 Å². The Balaban J connectivity index is 0.00000108. The van der Waals surface area contributed by atoms with Gasteiger partial charge < -0.3 is 8.97 Å². The van der Waals surface area contributed by atoms with Crippen LogP contribution in [0.5, 0.6) is 0 Å². The van der Waals surface area contributed by atoms with Crippen molar-refractivity contribution in [2.45, 2.75) is 4.90 Å². The molecule has 0 aliphatic rings. The monoisotopic (exact) mass is 255 g/mol. The number of para-hydroxylation sites is 1. The van der Waals surface area contributed by atoms with Crippen molar-refractivity contribution in [3.05, 3.63) is 42.5 Å². The first-order chi connectivity index (χ1) is 7.75. The van der Waals surface area contributed by atoms with E-state index in [1.54, 1.807) is 18.2 Å². The summed E-state index contributed by atoms with van der Waals surface area (Å²) in [4.78, 5) is 0.388. The van der Waals surface area contributed by atoms with E-state index in [4.69, 9.17) is 8.97 Å². The van der Waals surface area contributed by atoms with Gasteiger partial charge in [0.15, 0.2) is 11.1 Å². The van der Waals surface area contributed by atoms with Crippen LogP contribution in [-0.4, -0.2) is 38.3 Å². The Kier molecular flexibility index (Phi) is 3.70. The van der Waals surface area contributed by atoms with Crippen LogP contribution in [0.3, 0.4) is 0 Å². The Morgan fingerprint density at radius 2 is 1.71 bits per heavy atom. The van der Waals surface area contributed by atoms with E-state index >= 15 is 0 Å². The van der Waals surface area contributed by atoms with Gasteiger partial charge in [-0.2, -0.15) is 0 Å². The van der Waals surface area contributed by atoms with Crippen LogP contribution < -0.4 is 0 Å². The molecule has 0 saturated carbocycles. The molecule has 0 aliphatic carbocycles. The van der Waals surface area contributed by atoms with Gasteiger partial charge in [-0.25, -0.2) is 4.21 Å². The summed E-state index contributed by atoms with van der Waals surface area (Å²) in [5.74, 6) is 0. The van der Waals surface area contributed by atoms with Crippen molar-refractivity contribution < 1.29 is 13.2 Å². The molecule has 3 nitrogen and oxygen atoms in total. The van der Waals surface area contributed by atoms with Gasteiger partial charge in [0.2, 0.25) is 0 Å². The minimum Gasteiger partial charge on any atom is -0.456 e. The van der Waals surface area contributed by atoms with E-state index < -0.39 is 11.1 Å². The van der Waals surface area contributed by atoms with Crippen LogP contribution in [0, 0.1) is 0 Å². The van der Waals surface area contributed by atoms with Crippen molar-refractivity contribution in [1.29, 1.82) is 0 Å². The molecule has 2 aromatic carbocycles. The van der Waals surface area contributed by atoms with E-state index in [9.17, 15) is 4.21 Å². The number of benzene rings is 2. The first kappa shape index (κ1) is 12.8. The van der Waals surface area contributed by atoms with Gasteiger partial charge in [0.1, 0.15) is 11.2 Å². The third-order valence-electron chi connectivity index (χ3n) is 2.55. The summed E-state index contributed by atoms with van der Waals surface area (Å²) in [7, 11) is 0. The van der Waals surface area contributed by atoms with Crippen molar-refractivity contribution in [3.8, 4) is 0 Å². The fourth-order valence-electron chi connectivity index (χ4n) is 1.81. The first-order valence-corrected chi connectivity index (χ1v) is 5.88. The van der Waals surface area contributed by atoms with E-state index in [0.29, 0.717) is 4.90 Å². The molecule has 0 amide bonds. The number of hydrogen-bond acceptors (Lipinski definition) is 2. The van der Waals surface area contributed by atoms with Crippen LogP contribution in [0.4, 0.5) is 0 Å². The average molecular weight is 255 g/mol. The number of fused-ring (bicyclic) bond motifs is 3. The predicted molar refractivity (Wildman–Crippen MR) is 68.5 cm³/mol. The maximum atomic E-state index is 11.0. The van der Waals surface area contributed by atoms with Crippen LogP contribution in [0.2, 0.25) is 0 Å². The molecule has 81 valence electrons. The zero-order valence-corrected chi connectivity index (χ0v) is 12.0. The molecular weight excluding hydrogens is 247 g/mol. The Labute approximate surface area is 122 Å². The standard InChI is InChI=1S/C12H8O3S.Na/c13-16(14)8-5-6-12-10(7-8)9-3-1-2-4-11(9)15-12;/h1-7H,(H,13,14);. The first-order valence-electron chi connectivity index (χ1n) is 4.78. The van der Waals surface area contributed by atoms with Crippen molar-refractivity contribution in [1.82, 2.24) is 0 Å². The quantitative estimate of drug-likeness (QED) is 0.537. The topological polar surface area (TPSA) is 50.4 Å². The third kappa shape index (κ3) is 2.19. The van der Waals surface area contributed by atoms with Crippen LogP contribution >= 0.6 is 0 Å². The second kappa shape index (κ2) is 4.92. The van der Waals surface area contributed by atoms with Crippen LogP contribution in [0.1, 0.15) is 0 Å². The predicted octanol–water partition coefficient (Wildman–Crippen LogP) is 2.79. The molecule has 1 radical (unpaired) electrons. The van der Waals surface area contributed by atoms with Crippen molar-refractivity contribution in [2.75, 3.05) is 0 Å².